The first-order valence-electron chi connectivity index (χ1n) is 7.56. The van der Waals surface area contributed by atoms with Gasteiger partial charge in [-0.25, -0.2) is 4.98 Å². The van der Waals surface area contributed by atoms with Gasteiger partial charge >= 0.3 is 0 Å². The Morgan fingerprint density at radius 3 is 2.28 bits per heavy atom. The van der Waals surface area contributed by atoms with Gasteiger partial charge in [-0.2, -0.15) is 5.10 Å². The molecule has 0 saturated carbocycles. The topological polar surface area (TPSA) is 77.9 Å². The van der Waals surface area contributed by atoms with Crippen LogP contribution in [-0.2, 0) is 0 Å². The Kier molecular flexibility index (Phi) is 4.94. The number of nitrogens with one attached hydrogen (secondary N) is 1. The van der Waals surface area contributed by atoms with Crippen LogP contribution in [0.2, 0.25) is 0 Å². The van der Waals surface area contributed by atoms with E-state index in [1.54, 1.807) is 45.9 Å². The lowest BCUT2D eigenvalue weighted by Gasteiger charge is -2.12. The molecule has 0 fully saturated rings. The second-order valence-corrected chi connectivity index (χ2v) is 5.07. The third-order valence-electron chi connectivity index (χ3n) is 3.53. The molecule has 3 aromatic rings. The van der Waals surface area contributed by atoms with Gasteiger partial charge in [0.2, 0.25) is 5.75 Å². The average molecular weight is 338 g/mol. The predicted molar refractivity (Wildman–Crippen MR) is 96.9 cm³/mol. The number of benzene rings is 2. The number of anilines is 1. The van der Waals surface area contributed by atoms with E-state index in [9.17, 15) is 0 Å². The minimum atomic E-state index is 0.538. The number of methoxy groups -OCH3 is 3. The molecule has 0 aliphatic carbocycles. The summed E-state index contributed by atoms with van der Waals surface area (Å²) in [7, 11) is 4.70. The summed E-state index contributed by atoms with van der Waals surface area (Å²) in [6.45, 7) is 0. The van der Waals surface area contributed by atoms with Crippen LogP contribution in [0.1, 0.15) is 5.56 Å². The molecule has 25 heavy (non-hydrogen) atoms. The zero-order valence-electron chi connectivity index (χ0n) is 14.2. The number of rotatable bonds is 6. The average Bonchev–Trinajstić information content (AvgIpc) is 2.67. The summed E-state index contributed by atoms with van der Waals surface area (Å²) in [6.07, 6.45) is 3.27. The number of hydrogen-bond acceptors (Lipinski definition) is 7. The molecule has 1 N–H and O–H groups in total. The maximum absolute atomic E-state index is 5.32. The van der Waals surface area contributed by atoms with Crippen LogP contribution in [0.5, 0.6) is 17.2 Å². The van der Waals surface area contributed by atoms with Crippen LogP contribution >= 0.6 is 0 Å². The number of para-hydroxylation sites is 2. The zero-order chi connectivity index (χ0) is 17.6. The second-order valence-electron chi connectivity index (χ2n) is 5.07. The number of nitrogens with zero attached hydrogens (tertiary/aromatic N) is 3. The van der Waals surface area contributed by atoms with Crippen molar-refractivity contribution in [2.24, 2.45) is 5.10 Å². The summed E-state index contributed by atoms with van der Waals surface area (Å²) >= 11 is 0. The molecule has 0 spiro atoms. The van der Waals surface area contributed by atoms with Crippen molar-refractivity contribution >= 4 is 23.1 Å². The van der Waals surface area contributed by atoms with Gasteiger partial charge in [0.05, 0.1) is 44.8 Å². The Bertz CT molecular complexity index is 887. The molecular weight excluding hydrogens is 320 g/mol. The fourth-order valence-corrected chi connectivity index (χ4v) is 2.36. The highest BCUT2D eigenvalue weighted by Gasteiger charge is 2.12. The quantitative estimate of drug-likeness (QED) is 0.550. The normalized spacial score (nSPS) is 10.8. The zero-order valence-corrected chi connectivity index (χ0v) is 14.2. The molecule has 0 amide bonds. The van der Waals surface area contributed by atoms with Gasteiger partial charge in [-0.3, -0.25) is 10.4 Å². The van der Waals surface area contributed by atoms with E-state index in [4.69, 9.17) is 14.2 Å². The van der Waals surface area contributed by atoms with Gasteiger partial charge in [-0.05, 0) is 24.3 Å². The highest BCUT2D eigenvalue weighted by atomic mass is 16.5. The summed E-state index contributed by atoms with van der Waals surface area (Å²) in [6, 6.07) is 11.3. The number of aromatic nitrogens is 2. The molecule has 7 heteroatoms. The first-order valence-corrected chi connectivity index (χ1v) is 7.56. The molecule has 0 bridgehead atoms. The number of fused-ring (bicyclic) bond motifs is 1. The third kappa shape index (κ3) is 3.60. The molecule has 0 aliphatic heterocycles. The van der Waals surface area contributed by atoms with Crippen LogP contribution in [0.25, 0.3) is 11.0 Å². The van der Waals surface area contributed by atoms with E-state index in [1.165, 1.54) is 0 Å². The van der Waals surface area contributed by atoms with Crippen molar-refractivity contribution in [1.82, 2.24) is 9.97 Å². The Hall–Kier alpha value is -3.35. The van der Waals surface area contributed by atoms with Crippen LogP contribution in [0, 0.1) is 0 Å². The van der Waals surface area contributed by atoms with Crippen LogP contribution < -0.4 is 19.6 Å². The summed E-state index contributed by atoms with van der Waals surface area (Å²) in [4.78, 5) is 8.77. The molecule has 0 atom stereocenters. The lowest BCUT2D eigenvalue weighted by Crippen LogP contribution is -1.98. The van der Waals surface area contributed by atoms with E-state index in [0.29, 0.717) is 23.1 Å². The standard InChI is InChI=1S/C18H18N4O3/c1-23-15-8-12(9-16(24-2)18(15)25-3)10-20-22-17-11-19-13-6-4-5-7-14(13)21-17/h4-11H,1-3H3,(H,21,22)/b20-10+. The van der Waals surface area contributed by atoms with Gasteiger partial charge in [0.15, 0.2) is 17.3 Å². The van der Waals surface area contributed by atoms with Crippen LogP contribution in [0.4, 0.5) is 5.82 Å². The largest absolute Gasteiger partial charge is 0.493 e. The molecular formula is C18H18N4O3. The Labute approximate surface area is 145 Å². The molecule has 2 aromatic carbocycles. The summed E-state index contributed by atoms with van der Waals surface area (Å²) in [5, 5.41) is 4.20. The number of hydrazone groups is 1. The Balaban J connectivity index is 1.81. The van der Waals surface area contributed by atoms with Gasteiger partial charge < -0.3 is 14.2 Å². The van der Waals surface area contributed by atoms with Gasteiger partial charge in [-0.1, -0.05) is 12.1 Å². The highest BCUT2D eigenvalue weighted by molar-refractivity contribution is 5.83. The summed E-state index contributed by atoms with van der Waals surface area (Å²) in [5.74, 6) is 2.22. The van der Waals surface area contributed by atoms with Crippen molar-refractivity contribution in [2.45, 2.75) is 0 Å². The maximum atomic E-state index is 5.32. The molecule has 0 radical (unpaired) electrons. The molecule has 0 aliphatic rings. The predicted octanol–water partition coefficient (Wildman–Crippen LogP) is 3.10. The van der Waals surface area contributed by atoms with Crippen LogP contribution in [0.15, 0.2) is 47.7 Å². The first-order chi connectivity index (χ1) is 12.2. The molecule has 0 saturated heterocycles. The smallest absolute Gasteiger partial charge is 0.203 e. The van der Waals surface area contributed by atoms with E-state index < -0.39 is 0 Å². The van der Waals surface area contributed by atoms with Crippen molar-refractivity contribution < 1.29 is 14.2 Å². The van der Waals surface area contributed by atoms with Gasteiger partial charge in [0.1, 0.15) is 0 Å². The molecule has 128 valence electrons. The molecule has 1 aromatic heterocycles. The van der Waals surface area contributed by atoms with E-state index in [1.807, 2.05) is 24.3 Å². The number of hydrogen-bond donors (Lipinski definition) is 1. The van der Waals surface area contributed by atoms with Crippen molar-refractivity contribution in [2.75, 3.05) is 26.8 Å². The van der Waals surface area contributed by atoms with E-state index in [2.05, 4.69) is 20.5 Å². The fraction of sp³-hybridized carbons (Fsp3) is 0.167. The monoisotopic (exact) mass is 338 g/mol. The van der Waals surface area contributed by atoms with Gasteiger partial charge in [0, 0.05) is 5.56 Å². The number of ether oxygens (including phenoxy) is 3. The molecule has 0 unspecified atom stereocenters. The SMILES string of the molecule is COc1cc(/C=N/Nc2cnc3ccccc3n2)cc(OC)c1OC. The first kappa shape index (κ1) is 16.5. The molecule has 1 heterocycles. The van der Waals surface area contributed by atoms with Gasteiger partial charge in [-0.15, -0.1) is 0 Å². The van der Waals surface area contributed by atoms with Gasteiger partial charge in [0.25, 0.3) is 0 Å². The summed E-state index contributed by atoms with van der Waals surface area (Å²) in [5.41, 5.74) is 5.30. The summed E-state index contributed by atoms with van der Waals surface area (Å²) < 4.78 is 15.9. The Morgan fingerprint density at radius 2 is 1.64 bits per heavy atom. The molecule has 3 rings (SSSR count). The van der Waals surface area contributed by atoms with Crippen LogP contribution in [-0.4, -0.2) is 37.5 Å². The fourth-order valence-electron chi connectivity index (χ4n) is 2.36. The minimum Gasteiger partial charge on any atom is -0.493 e. The second kappa shape index (κ2) is 7.48. The van der Waals surface area contributed by atoms with Crippen molar-refractivity contribution in [3.8, 4) is 17.2 Å². The van der Waals surface area contributed by atoms with E-state index in [0.717, 1.165) is 16.6 Å². The lowest BCUT2D eigenvalue weighted by atomic mass is 10.2. The highest BCUT2D eigenvalue weighted by Crippen LogP contribution is 2.37. The van der Waals surface area contributed by atoms with Crippen molar-refractivity contribution in [3.63, 3.8) is 0 Å². The van der Waals surface area contributed by atoms with Crippen LogP contribution in [0.3, 0.4) is 0 Å². The van der Waals surface area contributed by atoms with E-state index >= 15 is 0 Å². The minimum absolute atomic E-state index is 0.538. The lowest BCUT2D eigenvalue weighted by molar-refractivity contribution is 0.324. The third-order valence-corrected chi connectivity index (χ3v) is 3.53. The van der Waals surface area contributed by atoms with E-state index in [-0.39, 0.29) is 0 Å². The Morgan fingerprint density at radius 1 is 0.960 bits per heavy atom. The van der Waals surface area contributed by atoms with Crippen molar-refractivity contribution in [1.29, 1.82) is 0 Å². The molecule has 7 nitrogen and oxygen atoms in total. The van der Waals surface area contributed by atoms with Crippen molar-refractivity contribution in [3.05, 3.63) is 48.2 Å². The maximum Gasteiger partial charge on any atom is 0.203 e.